The quantitative estimate of drug-likeness (QED) is 0.595. The summed E-state index contributed by atoms with van der Waals surface area (Å²) < 4.78 is 0. The fourth-order valence-corrected chi connectivity index (χ4v) is 3.93. The standard InChI is InChI=1S/C21H33N5O/c1-17-6-3-4-13-25(17)15-12-23-21(22-2)24-16-18-8-10-19(11-9-18)26-14-5-7-20(26)27/h8-11,17H,3-7,12-16H2,1-2H3,(H2,22,23,24). The van der Waals surface area contributed by atoms with Crippen molar-refractivity contribution in [1.82, 2.24) is 15.5 Å². The van der Waals surface area contributed by atoms with Crippen LogP contribution in [0.15, 0.2) is 29.3 Å². The fourth-order valence-electron chi connectivity index (χ4n) is 3.93. The van der Waals surface area contributed by atoms with Crippen molar-refractivity contribution in [1.29, 1.82) is 0 Å². The van der Waals surface area contributed by atoms with E-state index in [0.29, 0.717) is 19.0 Å². The van der Waals surface area contributed by atoms with E-state index >= 15 is 0 Å². The Bertz CT molecular complexity index is 642. The van der Waals surface area contributed by atoms with E-state index in [4.69, 9.17) is 0 Å². The minimum atomic E-state index is 0.230. The normalized spacial score (nSPS) is 21.6. The maximum atomic E-state index is 11.8. The van der Waals surface area contributed by atoms with E-state index in [1.807, 2.05) is 17.0 Å². The maximum Gasteiger partial charge on any atom is 0.227 e. The van der Waals surface area contributed by atoms with Crippen LogP contribution in [0.4, 0.5) is 5.69 Å². The van der Waals surface area contributed by atoms with Gasteiger partial charge in [-0.15, -0.1) is 0 Å². The first-order valence-electron chi connectivity index (χ1n) is 10.3. The highest BCUT2D eigenvalue weighted by Crippen LogP contribution is 2.21. The van der Waals surface area contributed by atoms with Gasteiger partial charge < -0.3 is 15.5 Å². The molecule has 0 radical (unpaired) electrons. The number of aliphatic imine (C=N–C) groups is 1. The van der Waals surface area contributed by atoms with Crippen LogP contribution in [0, 0.1) is 0 Å². The van der Waals surface area contributed by atoms with Gasteiger partial charge >= 0.3 is 0 Å². The second kappa shape index (κ2) is 9.74. The van der Waals surface area contributed by atoms with Gasteiger partial charge in [0.1, 0.15) is 0 Å². The molecule has 2 heterocycles. The van der Waals surface area contributed by atoms with Crippen LogP contribution in [0.5, 0.6) is 0 Å². The summed E-state index contributed by atoms with van der Waals surface area (Å²) in [5, 5.41) is 6.79. The molecule has 2 fully saturated rings. The number of benzene rings is 1. The summed E-state index contributed by atoms with van der Waals surface area (Å²) in [4.78, 5) is 20.6. The van der Waals surface area contributed by atoms with Crippen molar-refractivity contribution >= 4 is 17.6 Å². The van der Waals surface area contributed by atoms with Crippen LogP contribution in [0.1, 0.15) is 44.6 Å². The molecule has 6 heteroatoms. The monoisotopic (exact) mass is 371 g/mol. The van der Waals surface area contributed by atoms with Crippen LogP contribution in [0.2, 0.25) is 0 Å². The predicted octanol–water partition coefficient (Wildman–Crippen LogP) is 2.35. The highest BCUT2D eigenvalue weighted by molar-refractivity contribution is 5.95. The Morgan fingerprint density at radius 3 is 2.63 bits per heavy atom. The van der Waals surface area contributed by atoms with Gasteiger partial charge in [-0.1, -0.05) is 18.6 Å². The first-order chi connectivity index (χ1) is 13.2. The number of carbonyl (C=O) groups is 1. The Morgan fingerprint density at radius 2 is 1.96 bits per heavy atom. The molecule has 6 nitrogen and oxygen atoms in total. The van der Waals surface area contributed by atoms with Crippen molar-refractivity contribution in [2.24, 2.45) is 4.99 Å². The summed E-state index contributed by atoms with van der Waals surface area (Å²) in [6.45, 7) is 7.05. The van der Waals surface area contributed by atoms with Crippen LogP contribution in [0.25, 0.3) is 0 Å². The van der Waals surface area contributed by atoms with Crippen molar-refractivity contribution < 1.29 is 4.79 Å². The molecule has 1 aromatic rings. The summed E-state index contributed by atoms with van der Waals surface area (Å²) in [6.07, 6.45) is 5.61. The predicted molar refractivity (Wildman–Crippen MR) is 111 cm³/mol. The molecule has 1 amide bonds. The van der Waals surface area contributed by atoms with Gasteiger partial charge in [-0.25, -0.2) is 0 Å². The lowest BCUT2D eigenvalue weighted by Crippen LogP contribution is -2.45. The second-order valence-corrected chi connectivity index (χ2v) is 7.55. The van der Waals surface area contributed by atoms with Gasteiger partial charge in [0.15, 0.2) is 5.96 Å². The van der Waals surface area contributed by atoms with E-state index < -0.39 is 0 Å². The lowest BCUT2D eigenvalue weighted by Gasteiger charge is -2.33. The molecule has 1 unspecified atom stereocenters. The molecule has 27 heavy (non-hydrogen) atoms. The number of nitrogens with zero attached hydrogens (tertiary/aromatic N) is 3. The van der Waals surface area contributed by atoms with E-state index in [2.05, 4.69) is 39.6 Å². The van der Waals surface area contributed by atoms with Gasteiger partial charge in [0.05, 0.1) is 0 Å². The highest BCUT2D eigenvalue weighted by atomic mass is 16.2. The summed E-state index contributed by atoms with van der Waals surface area (Å²) >= 11 is 0. The topological polar surface area (TPSA) is 60.0 Å². The summed E-state index contributed by atoms with van der Waals surface area (Å²) in [7, 11) is 1.81. The Labute approximate surface area is 163 Å². The van der Waals surface area contributed by atoms with Gasteiger partial charge in [-0.2, -0.15) is 0 Å². The molecule has 0 aromatic heterocycles. The van der Waals surface area contributed by atoms with Crippen LogP contribution < -0.4 is 15.5 Å². The third kappa shape index (κ3) is 5.45. The van der Waals surface area contributed by atoms with Crippen molar-refractivity contribution in [2.45, 2.75) is 51.6 Å². The van der Waals surface area contributed by atoms with Crippen molar-refractivity contribution in [3.63, 3.8) is 0 Å². The zero-order valence-corrected chi connectivity index (χ0v) is 16.7. The van der Waals surface area contributed by atoms with Gasteiger partial charge in [0.25, 0.3) is 0 Å². The lowest BCUT2D eigenvalue weighted by atomic mass is 10.0. The summed E-state index contributed by atoms with van der Waals surface area (Å²) in [5.41, 5.74) is 2.18. The number of guanidine groups is 1. The molecule has 0 saturated carbocycles. The molecule has 3 rings (SSSR count). The highest BCUT2D eigenvalue weighted by Gasteiger charge is 2.21. The zero-order valence-electron chi connectivity index (χ0n) is 16.7. The molecule has 2 saturated heterocycles. The Hall–Kier alpha value is -2.08. The number of rotatable bonds is 6. The van der Waals surface area contributed by atoms with E-state index in [9.17, 15) is 4.79 Å². The zero-order chi connectivity index (χ0) is 19.1. The third-order valence-electron chi connectivity index (χ3n) is 5.64. The summed E-state index contributed by atoms with van der Waals surface area (Å²) in [5.74, 6) is 1.06. The van der Waals surface area contributed by atoms with E-state index in [0.717, 1.165) is 37.7 Å². The minimum absolute atomic E-state index is 0.230. The molecule has 2 aliphatic rings. The first kappa shape index (κ1) is 19.7. The molecule has 148 valence electrons. The van der Waals surface area contributed by atoms with Crippen LogP contribution in [-0.2, 0) is 11.3 Å². The summed E-state index contributed by atoms with van der Waals surface area (Å²) in [6, 6.07) is 8.92. The van der Waals surface area contributed by atoms with Crippen molar-refractivity contribution in [3.05, 3.63) is 29.8 Å². The molecular weight excluding hydrogens is 338 g/mol. The smallest absolute Gasteiger partial charge is 0.227 e. The Kier molecular flexibility index (Phi) is 7.10. The first-order valence-corrected chi connectivity index (χ1v) is 10.3. The molecule has 0 aliphatic carbocycles. The molecule has 1 atom stereocenters. The number of piperidine rings is 1. The van der Waals surface area contributed by atoms with Gasteiger partial charge in [-0.3, -0.25) is 14.7 Å². The van der Waals surface area contributed by atoms with Crippen LogP contribution >= 0.6 is 0 Å². The largest absolute Gasteiger partial charge is 0.355 e. The third-order valence-corrected chi connectivity index (χ3v) is 5.64. The van der Waals surface area contributed by atoms with Crippen LogP contribution in [-0.4, -0.2) is 56.0 Å². The average Bonchev–Trinajstić information content (AvgIpc) is 3.12. The number of hydrogen-bond donors (Lipinski definition) is 2. The second-order valence-electron chi connectivity index (χ2n) is 7.55. The molecular formula is C21H33N5O. The number of likely N-dealkylation sites (tertiary alicyclic amines) is 1. The number of anilines is 1. The number of hydrogen-bond acceptors (Lipinski definition) is 3. The van der Waals surface area contributed by atoms with E-state index in [-0.39, 0.29) is 5.91 Å². The Balaban J connectivity index is 1.41. The van der Waals surface area contributed by atoms with Gasteiger partial charge in [-0.05, 0) is 50.4 Å². The van der Waals surface area contributed by atoms with Crippen molar-refractivity contribution in [3.8, 4) is 0 Å². The van der Waals surface area contributed by atoms with Gasteiger partial charge in [0.2, 0.25) is 5.91 Å². The Morgan fingerprint density at radius 1 is 1.15 bits per heavy atom. The van der Waals surface area contributed by atoms with E-state index in [1.54, 1.807) is 7.05 Å². The van der Waals surface area contributed by atoms with Crippen molar-refractivity contribution in [2.75, 3.05) is 38.1 Å². The maximum absolute atomic E-state index is 11.8. The SMILES string of the molecule is CN=C(NCCN1CCCCC1C)NCc1ccc(N2CCCC2=O)cc1. The number of amides is 1. The number of nitrogens with one attached hydrogen (secondary N) is 2. The number of carbonyl (C=O) groups excluding carboxylic acids is 1. The van der Waals surface area contributed by atoms with Gasteiger partial charge in [0, 0.05) is 51.4 Å². The molecule has 1 aromatic carbocycles. The molecule has 0 spiro atoms. The van der Waals surface area contributed by atoms with E-state index in [1.165, 1.54) is 31.4 Å². The molecule has 0 bridgehead atoms. The average molecular weight is 372 g/mol. The minimum Gasteiger partial charge on any atom is -0.355 e. The molecule has 2 N–H and O–H groups in total. The lowest BCUT2D eigenvalue weighted by molar-refractivity contribution is -0.117. The fraction of sp³-hybridized carbons (Fsp3) is 0.619. The molecule has 2 aliphatic heterocycles. The van der Waals surface area contributed by atoms with Crippen LogP contribution in [0.3, 0.4) is 0 Å².